The Balaban J connectivity index is 1.79. The van der Waals surface area contributed by atoms with Crippen molar-refractivity contribution >= 4 is 34.2 Å². The van der Waals surface area contributed by atoms with Gasteiger partial charge in [0.15, 0.2) is 0 Å². The zero-order valence-corrected chi connectivity index (χ0v) is 18.3. The number of rotatable bonds is 5. The first-order chi connectivity index (χ1) is 14.2. The Hall–Kier alpha value is -2.41. The summed E-state index contributed by atoms with van der Waals surface area (Å²) in [6.45, 7) is 5.72. The van der Waals surface area contributed by atoms with E-state index < -0.39 is 11.4 Å². The SMILES string of the molecule is CC(c1c(Cl)ccc(F)c1Cl)c1c[nH]c2ncc(-c3cnn(C(C)(C)CO)c3)cc12. The summed E-state index contributed by atoms with van der Waals surface area (Å²) in [4.78, 5) is 7.69. The molecular formula is C22H21Cl2FN4O. The van der Waals surface area contributed by atoms with Crippen molar-refractivity contribution in [3.05, 3.63) is 70.0 Å². The van der Waals surface area contributed by atoms with E-state index in [1.54, 1.807) is 17.1 Å². The van der Waals surface area contributed by atoms with Crippen LogP contribution in [0, 0.1) is 5.82 Å². The molecule has 1 aromatic carbocycles. The molecule has 30 heavy (non-hydrogen) atoms. The molecule has 0 aliphatic rings. The van der Waals surface area contributed by atoms with Gasteiger partial charge in [-0.15, -0.1) is 0 Å². The van der Waals surface area contributed by atoms with Gasteiger partial charge < -0.3 is 10.1 Å². The van der Waals surface area contributed by atoms with Crippen LogP contribution in [-0.2, 0) is 5.54 Å². The molecule has 8 heteroatoms. The fourth-order valence-corrected chi connectivity index (χ4v) is 4.21. The predicted molar refractivity (Wildman–Crippen MR) is 118 cm³/mol. The van der Waals surface area contributed by atoms with Crippen LogP contribution in [-0.4, -0.2) is 31.5 Å². The number of H-pyrrole nitrogens is 1. The van der Waals surface area contributed by atoms with Crippen LogP contribution < -0.4 is 0 Å². The maximum atomic E-state index is 14.1. The molecule has 0 radical (unpaired) electrons. The quantitative estimate of drug-likeness (QED) is 0.383. The minimum absolute atomic E-state index is 0.0277. The van der Waals surface area contributed by atoms with Crippen molar-refractivity contribution in [2.45, 2.75) is 32.2 Å². The molecule has 0 amide bonds. The Morgan fingerprint density at radius 3 is 2.73 bits per heavy atom. The number of hydrogen-bond acceptors (Lipinski definition) is 3. The summed E-state index contributed by atoms with van der Waals surface area (Å²) >= 11 is 12.6. The van der Waals surface area contributed by atoms with Crippen molar-refractivity contribution in [1.82, 2.24) is 19.7 Å². The van der Waals surface area contributed by atoms with Gasteiger partial charge in [0.1, 0.15) is 11.5 Å². The first-order valence-electron chi connectivity index (χ1n) is 9.49. The average molecular weight is 447 g/mol. The van der Waals surface area contributed by atoms with Crippen LogP contribution in [0.2, 0.25) is 10.0 Å². The van der Waals surface area contributed by atoms with Crippen molar-refractivity contribution in [2.75, 3.05) is 6.61 Å². The first-order valence-corrected chi connectivity index (χ1v) is 10.3. The van der Waals surface area contributed by atoms with Gasteiger partial charge in [0.2, 0.25) is 0 Å². The van der Waals surface area contributed by atoms with Crippen molar-refractivity contribution in [3.8, 4) is 11.1 Å². The number of aliphatic hydroxyl groups excluding tert-OH is 1. The van der Waals surface area contributed by atoms with Crippen LogP contribution in [0.3, 0.4) is 0 Å². The van der Waals surface area contributed by atoms with Gasteiger partial charge in [-0.05, 0) is 43.2 Å². The normalized spacial score (nSPS) is 13.2. The van der Waals surface area contributed by atoms with E-state index in [1.165, 1.54) is 12.1 Å². The molecule has 0 spiro atoms. The number of fused-ring (bicyclic) bond motifs is 1. The summed E-state index contributed by atoms with van der Waals surface area (Å²) in [5, 5.41) is 15.3. The lowest BCUT2D eigenvalue weighted by atomic mass is 9.92. The third-order valence-corrected chi connectivity index (χ3v) is 6.18. The predicted octanol–water partition coefficient (Wildman–Crippen LogP) is 5.75. The summed E-state index contributed by atoms with van der Waals surface area (Å²) < 4.78 is 15.8. The molecule has 4 aromatic rings. The summed E-state index contributed by atoms with van der Waals surface area (Å²) in [5.74, 6) is -0.747. The molecule has 0 saturated heterocycles. The molecule has 4 rings (SSSR count). The lowest BCUT2D eigenvalue weighted by Crippen LogP contribution is -2.30. The van der Waals surface area contributed by atoms with Crippen molar-refractivity contribution in [1.29, 1.82) is 0 Å². The second-order valence-electron chi connectivity index (χ2n) is 7.99. The monoisotopic (exact) mass is 446 g/mol. The molecule has 2 N–H and O–H groups in total. The highest BCUT2D eigenvalue weighted by Gasteiger charge is 2.23. The van der Waals surface area contributed by atoms with Gasteiger partial charge in [-0.3, -0.25) is 4.68 Å². The molecule has 0 aliphatic heterocycles. The van der Waals surface area contributed by atoms with E-state index in [-0.39, 0.29) is 17.5 Å². The van der Waals surface area contributed by atoms with E-state index >= 15 is 0 Å². The highest BCUT2D eigenvalue weighted by molar-refractivity contribution is 6.36. The molecular weight excluding hydrogens is 426 g/mol. The number of aromatic nitrogens is 4. The molecule has 1 atom stereocenters. The number of pyridine rings is 1. The highest BCUT2D eigenvalue weighted by Crippen LogP contribution is 2.39. The van der Waals surface area contributed by atoms with E-state index in [2.05, 4.69) is 15.1 Å². The van der Waals surface area contributed by atoms with Crippen molar-refractivity contribution < 1.29 is 9.50 Å². The van der Waals surface area contributed by atoms with E-state index in [1.807, 2.05) is 39.2 Å². The standard InChI is InChI=1S/C22H21Cl2FN4O/c1-12(19-17(23)4-5-18(25)20(19)24)16-9-27-21-15(16)6-13(7-26-21)14-8-28-29(10-14)22(2,3)11-30/h4-10,12,30H,11H2,1-3H3,(H,26,27). The first kappa shape index (κ1) is 20.8. The largest absolute Gasteiger partial charge is 0.394 e. The Bertz CT molecular complexity index is 1230. The van der Waals surface area contributed by atoms with Gasteiger partial charge in [0.25, 0.3) is 0 Å². The van der Waals surface area contributed by atoms with Gasteiger partial charge in [-0.2, -0.15) is 5.10 Å². The summed E-state index contributed by atoms with van der Waals surface area (Å²) in [6, 6.07) is 4.80. The number of benzene rings is 1. The molecule has 0 fully saturated rings. The zero-order valence-electron chi connectivity index (χ0n) is 16.7. The van der Waals surface area contributed by atoms with Crippen molar-refractivity contribution in [3.63, 3.8) is 0 Å². The Morgan fingerprint density at radius 2 is 2.00 bits per heavy atom. The van der Waals surface area contributed by atoms with Gasteiger partial charge >= 0.3 is 0 Å². The second-order valence-corrected chi connectivity index (χ2v) is 8.77. The molecule has 3 heterocycles. The van der Waals surface area contributed by atoms with E-state index in [4.69, 9.17) is 23.2 Å². The number of nitrogens with zero attached hydrogens (tertiary/aromatic N) is 3. The summed E-state index contributed by atoms with van der Waals surface area (Å²) in [5.41, 5.74) is 3.43. The number of halogens is 3. The number of aliphatic hydroxyl groups is 1. The Kier molecular flexibility index (Phi) is 5.34. The number of nitrogens with one attached hydrogen (secondary N) is 1. The van der Waals surface area contributed by atoms with Gasteiger partial charge in [-0.1, -0.05) is 30.1 Å². The average Bonchev–Trinajstić information content (AvgIpc) is 3.38. The maximum Gasteiger partial charge on any atom is 0.142 e. The van der Waals surface area contributed by atoms with Crippen molar-refractivity contribution in [2.24, 2.45) is 0 Å². The lowest BCUT2D eigenvalue weighted by molar-refractivity contribution is 0.152. The summed E-state index contributed by atoms with van der Waals surface area (Å²) in [6.07, 6.45) is 7.25. The molecule has 5 nitrogen and oxygen atoms in total. The van der Waals surface area contributed by atoms with E-state index in [9.17, 15) is 9.50 Å². The Morgan fingerprint density at radius 1 is 1.23 bits per heavy atom. The Labute approximate surface area is 183 Å². The lowest BCUT2D eigenvalue weighted by Gasteiger charge is -2.22. The summed E-state index contributed by atoms with van der Waals surface area (Å²) in [7, 11) is 0. The zero-order chi connectivity index (χ0) is 21.6. The van der Waals surface area contributed by atoms with Crippen LogP contribution >= 0.6 is 23.2 Å². The fourth-order valence-electron chi connectivity index (χ4n) is 3.51. The fraction of sp³-hybridized carbons (Fsp3) is 0.273. The molecule has 1 unspecified atom stereocenters. The van der Waals surface area contributed by atoms with Gasteiger partial charge in [-0.25, -0.2) is 9.37 Å². The minimum atomic E-state index is -0.506. The van der Waals surface area contributed by atoms with Crippen LogP contribution in [0.1, 0.15) is 37.8 Å². The van der Waals surface area contributed by atoms with Crippen LogP contribution in [0.15, 0.2) is 43.0 Å². The van der Waals surface area contributed by atoms with E-state index in [0.29, 0.717) is 16.2 Å². The smallest absolute Gasteiger partial charge is 0.142 e. The highest BCUT2D eigenvalue weighted by atomic mass is 35.5. The molecule has 0 bridgehead atoms. The molecule has 0 aliphatic carbocycles. The van der Waals surface area contributed by atoms with Gasteiger partial charge in [0.05, 0.1) is 23.4 Å². The van der Waals surface area contributed by atoms with Crippen LogP contribution in [0.5, 0.6) is 0 Å². The number of hydrogen-bond donors (Lipinski definition) is 2. The second kappa shape index (κ2) is 7.69. The molecule has 3 aromatic heterocycles. The maximum absolute atomic E-state index is 14.1. The van der Waals surface area contributed by atoms with Crippen LogP contribution in [0.25, 0.3) is 22.2 Å². The topological polar surface area (TPSA) is 66.7 Å². The van der Waals surface area contributed by atoms with E-state index in [0.717, 1.165) is 22.1 Å². The molecule has 156 valence electrons. The number of aromatic amines is 1. The van der Waals surface area contributed by atoms with Gasteiger partial charge in [0, 0.05) is 46.0 Å². The van der Waals surface area contributed by atoms with Crippen LogP contribution in [0.4, 0.5) is 4.39 Å². The third kappa shape index (κ3) is 3.49. The molecule has 0 saturated carbocycles. The third-order valence-electron chi connectivity index (χ3n) is 5.47. The minimum Gasteiger partial charge on any atom is -0.394 e.